The second-order valence-electron chi connectivity index (χ2n) is 7.14. The molecule has 0 bridgehead atoms. The molecule has 0 unspecified atom stereocenters. The first-order chi connectivity index (χ1) is 13.4. The third-order valence-corrected chi connectivity index (χ3v) is 6.75. The molecule has 0 atom stereocenters. The molecular formula is C20H19ClN2O4S. The Balaban J connectivity index is 1.40. The number of esters is 1. The topological polar surface area (TPSA) is 98.5 Å². The Labute approximate surface area is 171 Å². The standard InChI is InChI=1S/C20H19ClN2O4S/c21-12-6-4-11(5-7-12)20(8-9-20)19(26)27-10-15(24)23-18-16(17(22)25)13-2-1-3-14(13)28-18/h4-7H,1-3,8-10H2,(H2,22,25)(H,23,24). The number of fused-ring (bicyclic) bond motifs is 1. The number of carbonyl (C=O) groups is 3. The van der Waals surface area contributed by atoms with E-state index in [0.717, 1.165) is 35.3 Å². The maximum Gasteiger partial charge on any atom is 0.317 e. The fraction of sp³-hybridized carbons (Fsp3) is 0.350. The van der Waals surface area contributed by atoms with Crippen LogP contribution in [0.2, 0.25) is 5.02 Å². The normalized spacial score (nSPS) is 16.3. The number of nitrogens with one attached hydrogen (secondary N) is 1. The number of primary amides is 1. The molecule has 1 saturated carbocycles. The second kappa shape index (κ2) is 7.22. The van der Waals surface area contributed by atoms with Gasteiger partial charge >= 0.3 is 5.97 Å². The second-order valence-corrected chi connectivity index (χ2v) is 8.68. The molecular weight excluding hydrogens is 400 g/mol. The molecule has 0 radical (unpaired) electrons. The van der Waals surface area contributed by atoms with Gasteiger partial charge in [-0.15, -0.1) is 11.3 Å². The minimum Gasteiger partial charge on any atom is -0.455 e. The number of nitrogens with two attached hydrogens (primary N) is 1. The van der Waals surface area contributed by atoms with Gasteiger partial charge in [-0.1, -0.05) is 23.7 Å². The Morgan fingerprint density at radius 2 is 1.89 bits per heavy atom. The zero-order valence-electron chi connectivity index (χ0n) is 15.0. The van der Waals surface area contributed by atoms with E-state index in [9.17, 15) is 14.4 Å². The molecule has 146 valence electrons. The largest absolute Gasteiger partial charge is 0.455 e. The zero-order valence-corrected chi connectivity index (χ0v) is 16.6. The summed E-state index contributed by atoms with van der Waals surface area (Å²) in [5, 5.41) is 3.72. The maximum absolute atomic E-state index is 12.6. The molecule has 6 nitrogen and oxygen atoms in total. The Kier molecular flexibility index (Phi) is 4.89. The smallest absolute Gasteiger partial charge is 0.317 e. The molecule has 1 aromatic heterocycles. The van der Waals surface area contributed by atoms with Gasteiger partial charge in [0.1, 0.15) is 5.00 Å². The molecule has 4 rings (SSSR count). The Bertz CT molecular complexity index is 963. The molecule has 2 aliphatic rings. The van der Waals surface area contributed by atoms with Gasteiger partial charge in [0.05, 0.1) is 11.0 Å². The van der Waals surface area contributed by atoms with E-state index in [1.807, 2.05) is 12.1 Å². The molecule has 2 aromatic rings. The van der Waals surface area contributed by atoms with Gasteiger partial charge in [-0.25, -0.2) is 0 Å². The highest BCUT2D eigenvalue weighted by Gasteiger charge is 2.52. The van der Waals surface area contributed by atoms with Crippen LogP contribution in [0.5, 0.6) is 0 Å². The van der Waals surface area contributed by atoms with Crippen molar-refractivity contribution < 1.29 is 19.1 Å². The van der Waals surface area contributed by atoms with Gasteiger partial charge in [0.2, 0.25) is 0 Å². The highest BCUT2D eigenvalue weighted by atomic mass is 35.5. The first-order valence-corrected chi connectivity index (χ1v) is 10.3. The van der Waals surface area contributed by atoms with Crippen LogP contribution < -0.4 is 11.1 Å². The summed E-state index contributed by atoms with van der Waals surface area (Å²) >= 11 is 7.27. The number of carbonyl (C=O) groups excluding carboxylic acids is 3. The first kappa shape index (κ1) is 19.0. The van der Waals surface area contributed by atoms with Gasteiger partial charge < -0.3 is 15.8 Å². The van der Waals surface area contributed by atoms with Crippen molar-refractivity contribution in [1.29, 1.82) is 0 Å². The van der Waals surface area contributed by atoms with Crippen molar-refractivity contribution in [2.24, 2.45) is 5.73 Å². The van der Waals surface area contributed by atoms with Gasteiger partial charge in [0.25, 0.3) is 11.8 Å². The van der Waals surface area contributed by atoms with E-state index < -0.39 is 29.8 Å². The summed E-state index contributed by atoms with van der Waals surface area (Å²) in [6.45, 7) is -0.408. The first-order valence-electron chi connectivity index (χ1n) is 9.08. The third-order valence-electron chi connectivity index (χ3n) is 5.29. The minimum atomic E-state index is -0.687. The number of amides is 2. The molecule has 1 fully saturated rings. The summed E-state index contributed by atoms with van der Waals surface area (Å²) in [7, 11) is 0. The number of rotatable bonds is 6. The quantitative estimate of drug-likeness (QED) is 0.703. The number of halogens is 1. The molecule has 0 spiro atoms. The lowest BCUT2D eigenvalue weighted by atomic mass is 9.96. The van der Waals surface area contributed by atoms with E-state index >= 15 is 0 Å². The number of hydrogen-bond acceptors (Lipinski definition) is 5. The summed E-state index contributed by atoms with van der Waals surface area (Å²) in [4.78, 5) is 37.7. The molecule has 8 heteroatoms. The highest BCUT2D eigenvalue weighted by molar-refractivity contribution is 7.17. The van der Waals surface area contributed by atoms with E-state index in [2.05, 4.69) is 5.32 Å². The minimum absolute atomic E-state index is 0.386. The molecule has 2 aliphatic carbocycles. The van der Waals surface area contributed by atoms with Crippen molar-refractivity contribution in [3.8, 4) is 0 Å². The van der Waals surface area contributed by atoms with Crippen LogP contribution in [-0.4, -0.2) is 24.4 Å². The molecule has 1 aromatic carbocycles. The lowest BCUT2D eigenvalue weighted by Gasteiger charge is -2.15. The summed E-state index contributed by atoms with van der Waals surface area (Å²) < 4.78 is 5.27. The van der Waals surface area contributed by atoms with Crippen molar-refractivity contribution in [2.45, 2.75) is 37.5 Å². The van der Waals surface area contributed by atoms with Crippen LogP contribution in [-0.2, 0) is 32.6 Å². The molecule has 0 saturated heterocycles. The maximum atomic E-state index is 12.6. The summed E-state index contributed by atoms with van der Waals surface area (Å²) in [6.07, 6.45) is 4.02. The monoisotopic (exact) mass is 418 g/mol. The summed E-state index contributed by atoms with van der Waals surface area (Å²) in [5.74, 6) is -1.46. The van der Waals surface area contributed by atoms with E-state index in [1.165, 1.54) is 11.3 Å². The summed E-state index contributed by atoms with van der Waals surface area (Å²) in [5.41, 5.74) is 6.97. The van der Waals surface area contributed by atoms with Crippen molar-refractivity contribution >= 4 is 45.7 Å². The predicted molar refractivity (Wildman–Crippen MR) is 107 cm³/mol. The van der Waals surface area contributed by atoms with Crippen LogP contribution in [0, 0.1) is 0 Å². The Morgan fingerprint density at radius 1 is 1.18 bits per heavy atom. The SMILES string of the molecule is NC(=O)c1c(NC(=O)COC(=O)C2(c3ccc(Cl)cc3)CC2)sc2c1CCC2. The lowest BCUT2D eigenvalue weighted by Crippen LogP contribution is -2.28. The van der Waals surface area contributed by atoms with E-state index in [0.29, 0.717) is 28.4 Å². The van der Waals surface area contributed by atoms with Crippen LogP contribution in [0.4, 0.5) is 5.00 Å². The van der Waals surface area contributed by atoms with Crippen LogP contribution in [0.1, 0.15) is 45.6 Å². The van der Waals surface area contributed by atoms with Crippen LogP contribution in [0.3, 0.4) is 0 Å². The number of aryl methyl sites for hydroxylation is 1. The van der Waals surface area contributed by atoms with Gasteiger partial charge in [0.15, 0.2) is 6.61 Å². The Morgan fingerprint density at radius 3 is 2.54 bits per heavy atom. The highest BCUT2D eigenvalue weighted by Crippen LogP contribution is 2.49. The number of benzene rings is 1. The number of thiophene rings is 1. The predicted octanol–water partition coefficient (Wildman–Crippen LogP) is 3.20. The van der Waals surface area contributed by atoms with Gasteiger partial charge in [0, 0.05) is 9.90 Å². The van der Waals surface area contributed by atoms with Crippen molar-refractivity contribution in [1.82, 2.24) is 0 Å². The van der Waals surface area contributed by atoms with Crippen molar-refractivity contribution in [3.63, 3.8) is 0 Å². The van der Waals surface area contributed by atoms with Crippen LogP contribution in [0.15, 0.2) is 24.3 Å². The summed E-state index contributed by atoms with van der Waals surface area (Å²) in [6, 6.07) is 7.09. The molecule has 1 heterocycles. The number of anilines is 1. The average Bonchev–Trinajstić information content (AvgIpc) is 3.23. The van der Waals surface area contributed by atoms with E-state index in [4.69, 9.17) is 22.1 Å². The zero-order chi connectivity index (χ0) is 19.9. The molecule has 3 N–H and O–H groups in total. The van der Waals surface area contributed by atoms with Gasteiger partial charge in [-0.3, -0.25) is 14.4 Å². The lowest BCUT2D eigenvalue weighted by molar-refractivity contribution is -0.150. The van der Waals surface area contributed by atoms with Crippen LogP contribution >= 0.6 is 22.9 Å². The van der Waals surface area contributed by atoms with E-state index in [1.54, 1.807) is 12.1 Å². The fourth-order valence-corrected chi connectivity index (χ4v) is 5.13. The molecule has 28 heavy (non-hydrogen) atoms. The number of hydrogen-bond donors (Lipinski definition) is 2. The van der Waals surface area contributed by atoms with Crippen molar-refractivity contribution in [3.05, 3.63) is 50.9 Å². The number of ether oxygens (including phenoxy) is 1. The third kappa shape index (κ3) is 3.40. The fourth-order valence-electron chi connectivity index (χ4n) is 3.69. The molecule has 2 amide bonds. The van der Waals surface area contributed by atoms with Crippen LogP contribution in [0.25, 0.3) is 0 Å². The van der Waals surface area contributed by atoms with Gasteiger partial charge in [-0.05, 0) is 55.4 Å². The van der Waals surface area contributed by atoms with Gasteiger partial charge in [-0.2, -0.15) is 0 Å². The average molecular weight is 419 g/mol. The molecule has 0 aliphatic heterocycles. The van der Waals surface area contributed by atoms with Crippen molar-refractivity contribution in [2.75, 3.05) is 11.9 Å². The van der Waals surface area contributed by atoms with E-state index in [-0.39, 0.29) is 0 Å². The Hall–Kier alpha value is -2.38.